The van der Waals surface area contributed by atoms with E-state index in [1.807, 2.05) is 6.92 Å². The minimum Gasteiger partial charge on any atom is -0.397 e. The average Bonchev–Trinajstić information content (AvgIpc) is 2.68. The molecule has 4 nitrogen and oxygen atoms in total. The molecule has 3 rings (SSSR count). The van der Waals surface area contributed by atoms with E-state index in [1.165, 1.54) is 11.1 Å². The summed E-state index contributed by atoms with van der Waals surface area (Å²) < 4.78 is 5.71. The van der Waals surface area contributed by atoms with Gasteiger partial charge in [-0.05, 0) is 85.9 Å². The summed E-state index contributed by atoms with van der Waals surface area (Å²) in [7, 11) is 0. The molecule has 1 unspecified atom stereocenters. The van der Waals surface area contributed by atoms with Crippen molar-refractivity contribution in [2.45, 2.75) is 53.6 Å². The second-order valence-corrected chi connectivity index (χ2v) is 7.57. The van der Waals surface area contributed by atoms with Gasteiger partial charge in [-0.1, -0.05) is 12.1 Å². The maximum absolute atomic E-state index is 9.97. The zero-order valence-corrected chi connectivity index (χ0v) is 17.1. The van der Waals surface area contributed by atoms with Gasteiger partial charge in [-0.3, -0.25) is 0 Å². The van der Waals surface area contributed by atoms with E-state index in [1.54, 1.807) is 0 Å². The van der Waals surface area contributed by atoms with Crippen LogP contribution in [0.2, 0.25) is 0 Å². The highest BCUT2D eigenvalue weighted by atomic mass is 16.5. The number of hydrogen-bond acceptors (Lipinski definition) is 4. The van der Waals surface area contributed by atoms with E-state index in [0.29, 0.717) is 30.1 Å². The normalized spacial score (nSPS) is 19.1. The molecule has 1 aromatic rings. The summed E-state index contributed by atoms with van der Waals surface area (Å²) in [6, 6.07) is 6.74. The molecule has 2 N–H and O–H groups in total. The summed E-state index contributed by atoms with van der Waals surface area (Å²) in [4.78, 5) is 0. The maximum Gasteiger partial charge on any atom is 0.102 e. The van der Waals surface area contributed by atoms with Crippen molar-refractivity contribution in [3.8, 4) is 12.1 Å². The van der Waals surface area contributed by atoms with Gasteiger partial charge in [-0.15, -0.1) is 0 Å². The van der Waals surface area contributed by atoms with E-state index in [-0.39, 0.29) is 5.92 Å². The smallest absolute Gasteiger partial charge is 0.102 e. The molecular formula is C24H27N3O. The number of hydrogen-bond donors (Lipinski definition) is 1. The second kappa shape index (κ2) is 8.05. The molecule has 1 atom stereocenters. The SMILES string of the molecule is CCOCc1c(C)cc(C)c(C2=C(C#N)C(N)=C(C#N)C3=CCCCC32)c1C. The van der Waals surface area contributed by atoms with E-state index >= 15 is 0 Å². The van der Waals surface area contributed by atoms with Crippen LogP contribution in [0.1, 0.15) is 54.0 Å². The van der Waals surface area contributed by atoms with Crippen LogP contribution in [0.3, 0.4) is 0 Å². The van der Waals surface area contributed by atoms with Gasteiger partial charge in [-0.25, -0.2) is 0 Å². The minimum absolute atomic E-state index is 0.0467. The molecule has 0 aliphatic heterocycles. The molecule has 0 aromatic heterocycles. The molecule has 0 bridgehead atoms. The summed E-state index contributed by atoms with van der Waals surface area (Å²) in [5.74, 6) is 0.0467. The van der Waals surface area contributed by atoms with Gasteiger partial charge in [0.15, 0.2) is 0 Å². The van der Waals surface area contributed by atoms with Crippen LogP contribution in [-0.4, -0.2) is 6.61 Å². The quantitative estimate of drug-likeness (QED) is 0.813. The predicted octanol–water partition coefficient (Wildman–Crippen LogP) is 4.90. The Morgan fingerprint density at radius 2 is 1.86 bits per heavy atom. The molecule has 28 heavy (non-hydrogen) atoms. The van der Waals surface area contributed by atoms with Crippen LogP contribution in [0.25, 0.3) is 5.57 Å². The van der Waals surface area contributed by atoms with Crippen LogP contribution < -0.4 is 5.73 Å². The summed E-state index contributed by atoms with van der Waals surface area (Å²) in [6.07, 6.45) is 5.05. The lowest BCUT2D eigenvalue weighted by Gasteiger charge is -2.34. The molecule has 2 aliphatic rings. The number of aryl methyl sites for hydroxylation is 2. The first-order valence-corrected chi connectivity index (χ1v) is 9.88. The Hall–Kier alpha value is -2.82. The van der Waals surface area contributed by atoms with Crippen molar-refractivity contribution in [2.24, 2.45) is 11.7 Å². The number of fused-ring (bicyclic) bond motifs is 1. The molecule has 1 aromatic carbocycles. The molecule has 0 amide bonds. The summed E-state index contributed by atoms with van der Waals surface area (Å²) in [5.41, 5.74) is 15.3. The fraction of sp³-hybridized carbons (Fsp3) is 0.417. The fourth-order valence-electron chi connectivity index (χ4n) is 4.66. The highest BCUT2D eigenvalue weighted by molar-refractivity contribution is 5.87. The van der Waals surface area contributed by atoms with Gasteiger partial charge < -0.3 is 10.5 Å². The maximum atomic E-state index is 9.97. The lowest BCUT2D eigenvalue weighted by molar-refractivity contribution is 0.133. The highest BCUT2D eigenvalue weighted by Gasteiger charge is 2.35. The first-order valence-electron chi connectivity index (χ1n) is 9.88. The molecule has 0 fully saturated rings. The zero-order valence-electron chi connectivity index (χ0n) is 17.1. The van der Waals surface area contributed by atoms with Crippen LogP contribution in [-0.2, 0) is 11.3 Å². The van der Waals surface area contributed by atoms with Gasteiger partial charge in [0, 0.05) is 12.5 Å². The van der Waals surface area contributed by atoms with E-state index in [9.17, 15) is 10.5 Å². The number of ether oxygens (including phenoxy) is 1. The lowest BCUT2D eigenvalue weighted by Crippen LogP contribution is -2.24. The van der Waals surface area contributed by atoms with Crippen LogP contribution in [0.4, 0.5) is 0 Å². The van der Waals surface area contributed by atoms with Gasteiger partial charge in [0.1, 0.15) is 12.1 Å². The summed E-state index contributed by atoms with van der Waals surface area (Å²) in [5, 5.41) is 19.6. The Bertz CT molecular complexity index is 996. The Morgan fingerprint density at radius 1 is 1.14 bits per heavy atom. The van der Waals surface area contributed by atoms with Crippen LogP contribution in [0.15, 0.2) is 34.6 Å². The van der Waals surface area contributed by atoms with Crippen LogP contribution in [0, 0.1) is 49.4 Å². The summed E-state index contributed by atoms with van der Waals surface area (Å²) in [6.45, 7) is 9.51. The van der Waals surface area contributed by atoms with E-state index in [0.717, 1.165) is 47.1 Å². The fourth-order valence-corrected chi connectivity index (χ4v) is 4.66. The number of allylic oxidation sites excluding steroid dienone is 5. The standard InChI is InChI=1S/C24H27N3O/c1-5-28-13-21-14(2)10-15(3)22(16(21)4)23-18-9-7-6-8-17(18)19(11-25)24(27)20(23)12-26/h8,10,18H,5-7,9,13,27H2,1-4H3. The number of benzene rings is 1. The number of nitrogens with zero attached hydrogens (tertiary/aromatic N) is 2. The van der Waals surface area contributed by atoms with Gasteiger partial charge in [0.05, 0.1) is 23.5 Å². The Morgan fingerprint density at radius 3 is 2.50 bits per heavy atom. The van der Waals surface area contributed by atoms with Crippen molar-refractivity contribution in [2.75, 3.05) is 6.61 Å². The molecule has 2 aliphatic carbocycles. The largest absolute Gasteiger partial charge is 0.397 e. The second-order valence-electron chi connectivity index (χ2n) is 7.57. The first-order chi connectivity index (χ1) is 13.5. The van der Waals surface area contributed by atoms with Crippen molar-refractivity contribution in [1.82, 2.24) is 0 Å². The molecule has 0 radical (unpaired) electrons. The number of rotatable bonds is 4. The van der Waals surface area contributed by atoms with E-state index < -0.39 is 0 Å². The third-order valence-electron chi connectivity index (χ3n) is 5.96. The lowest BCUT2D eigenvalue weighted by atomic mass is 9.69. The van der Waals surface area contributed by atoms with Crippen LogP contribution in [0.5, 0.6) is 0 Å². The first kappa shape index (κ1) is 19.9. The van der Waals surface area contributed by atoms with Crippen molar-refractivity contribution < 1.29 is 4.74 Å². The molecule has 4 heteroatoms. The van der Waals surface area contributed by atoms with E-state index in [4.69, 9.17) is 10.5 Å². The monoisotopic (exact) mass is 373 g/mol. The zero-order chi connectivity index (χ0) is 20.4. The van der Waals surface area contributed by atoms with E-state index in [2.05, 4.69) is 45.1 Å². The number of nitriles is 2. The summed E-state index contributed by atoms with van der Waals surface area (Å²) >= 11 is 0. The van der Waals surface area contributed by atoms with Gasteiger partial charge in [-0.2, -0.15) is 10.5 Å². The number of nitrogens with two attached hydrogens (primary N) is 1. The predicted molar refractivity (Wildman–Crippen MR) is 111 cm³/mol. The molecular weight excluding hydrogens is 346 g/mol. The molecule has 0 saturated carbocycles. The Kier molecular flexibility index (Phi) is 5.73. The molecule has 0 spiro atoms. The van der Waals surface area contributed by atoms with Crippen molar-refractivity contribution >= 4 is 5.57 Å². The molecule has 0 heterocycles. The molecule has 0 saturated heterocycles. The Labute approximate surface area is 167 Å². The van der Waals surface area contributed by atoms with Crippen molar-refractivity contribution in [3.63, 3.8) is 0 Å². The van der Waals surface area contributed by atoms with Gasteiger partial charge in [0.25, 0.3) is 0 Å². The van der Waals surface area contributed by atoms with Gasteiger partial charge >= 0.3 is 0 Å². The average molecular weight is 374 g/mol. The minimum atomic E-state index is 0.0467. The molecule has 144 valence electrons. The highest BCUT2D eigenvalue weighted by Crippen LogP contribution is 2.48. The Balaban J connectivity index is 2.34. The topological polar surface area (TPSA) is 82.8 Å². The third kappa shape index (κ3) is 3.15. The van der Waals surface area contributed by atoms with Crippen molar-refractivity contribution in [1.29, 1.82) is 10.5 Å². The third-order valence-corrected chi connectivity index (χ3v) is 5.96. The van der Waals surface area contributed by atoms with Gasteiger partial charge in [0.2, 0.25) is 0 Å². The van der Waals surface area contributed by atoms with Crippen molar-refractivity contribution in [3.05, 3.63) is 62.4 Å². The van der Waals surface area contributed by atoms with Crippen LogP contribution >= 0.6 is 0 Å².